The van der Waals surface area contributed by atoms with Gasteiger partial charge in [-0.2, -0.15) is 5.26 Å². The maximum absolute atomic E-state index is 13.6. The highest BCUT2D eigenvalue weighted by molar-refractivity contribution is 7.96. The minimum Gasteiger partial charge on any atom is -0.493 e. The number of allylic oxidation sites excluding steroid dienone is 2. The third-order valence-corrected chi connectivity index (χ3v) is 7.41. The minimum atomic E-state index is -4.06. The fourth-order valence-corrected chi connectivity index (χ4v) is 5.65. The average Bonchev–Trinajstić information content (AvgIpc) is 2.80. The van der Waals surface area contributed by atoms with E-state index in [9.17, 15) is 13.7 Å². The monoisotopic (exact) mass is 455 g/mol. The minimum absolute atomic E-state index is 0.0330. The lowest BCUT2D eigenvalue weighted by atomic mass is 9.87. The summed E-state index contributed by atoms with van der Waals surface area (Å²) in [6.45, 7) is 0. The van der Waals surface area contributed by atoms with Gasteiger partial charge in [0.15, 0.2) is 17.3 Å². The number of sulfonamides is 1. The third kappa shape index (κ3) is 2.93. The Kier molecular flexibility index (Phi) is 5.14. The summed E-state index contributed by atoms with van der Waals surface area (Å²) in [7, 11) is 1.76. The smallest absolute Gasteiger partial charge is 0.264 e. The summed E-state index contributed by atoms with van der Waals surface area (Å²) in [5.74, 6) is -0.155. The molecular formula is C22H21N3O6S. The molecule has 32 heavy (non-hydrogen) atoms. The van der Waals surface area contributed by atoms with Crippen LogP contribution in [0.5, 0.6) is 17.2 Å². The molecule has 1 unspecified atom stereocenters. The zero-order chi connectivity index (χ0) is 23.2. The van der Waals surface area contributed by atoms with Gasteiger partial charge in [-0.15, -0.1) is 0 Å². The van der Waals surface area contributed by atoms with Gasteiger partial charge >= 0.3 is 0 Å². The van der Waals surface area contributed by atoms with E-state index in [-0.39, 0.29) is 22.1 Å². The van der Waals surface area contributed by atoms with Crippen molar-refractivity contribution < 1.29 is 27.4 Å². The molecule has 0 saturated heterocycles. The number of fused-ring (bicyclic) bond motifs is 2. The van der Waals surface area contributed by atoms with Crippen molar-refractivity contribution in [3.63, 3.8) is 0 Å². The lowest BCUT2D eigenvalue weighted by molar-refractivity contribution is 0.323. The van der Waals surface area contributed by atoms with Gasteiger partial charge in [-0.25, -0.2) is 8.42 Å². The van der Waals surface area contributed by atoms with Crippen LogP contribution in [-0.2, 0) is 14.8 Å². The zero-order valence-corrected chi connectivity index (χ0v) is 18.7. The molecule has 166 valence electrons. The number of methoxy groups -OCH3 is 3. The fraction of sp³-hybridized carbons (Fsp3) is 0.227. The van der Waals surface area contributed by atoms with Gasteiger partial charge in [0.05, 0.1) is 32.9 Å². The van der Waals surface area contributed by atoms with Gasteiger partial charge in [0.2, 0.25) is 11.6 Å². The summed E-state index contributed by atoms with van der Waals surface area (Å²) >= 11 is 0. The molecule has 4 rings (SSSR count). The number of ether oxygens (including phenoxy) is 4. The van der Waals surface area contributed by atoms with Crippen LogP contribution in [0.1, 0.15) is 17.0 Å². The second-order valence-electron chi connectivity index (χ2n) is 7.07. The van der Waals surface area contributed by atoms with Crippen molar-refractivity contribution in [3.8, 4) is 23.3 Å². The van der Waals surface area contributed by atoms with Crippen molar-refractivity contribution in [1.82, 2.24) is 0 Å². The van der Waals surface area contributed by atoms with Crippen molar-refractivity contribution in [1.29, 1.82) is 5.26 Å². The first-order valence-corrected chi connectivity index (χ1v) is 10.9. The van der Waals surface area contributed by atoms with Crippen molar-refractivity contribution in [3.05, 3.63) is 63.9 Å². The predicted molar refractivity (Wildman–Crippen MR) is 117 cm³/mol. The molecule has 2 aliphatic rings. The van der Waals surface area contributed by atoms with Crippen molar-refractivity contribution >= 4 is 21.5 Å². The molecule has 2 aromatic rings. The van der Waals surface area contributed by atoms with Crippen LogP contribution in [0.25, 0.3) is 5.76 Å². The number of nitrogens with two attached hydrogens (primary N) is 1. The van der Waals surface area contributed by atoms with E-state index in [1.807, 2.05) is 6.07 Å². The summed E-state index contributed by atoms with van der Waals surface area (Å²) in [6.07, 6.45) is 0. The first kappa shape index (κ1) is 21.4. The number of hydrogen-bond acceptors (Lipinski definition) is 8. The first-order valence-electron chi connectivity index (χ1n) is 9.50. The van der Waals surface area contributed by atoms with Crippen LogP contribution in [0.15, 0.2) is 52.8 Å². The van der Waals surface area contributed by atoms with Crippen molar-refractivity contribution in [2.45, 2.75) is 5.92 Å². The van der Waals surface area contributed by atoms with Gasteiger partial charge in [0.1, 0.15) is 16.5 Å². The topological polar surface area (TPSA) is 124 Å². The van der Waals surface area contributed by atoms with Crippen LogP contribution in [0.2, 0.25) is 0 Å². The summed E-state index contributed by atoms with van der Waals surface area (Å²) in [6, 6.07) is 12.1. The van der Waals surface area contributed by atoms with Crippen molar-refractivity contribution in [2.75, 3.05) is 32.7 Å². The standard InChI is InChI=1S/C22H21N3O6S/c1-25-15-8-6-5-7-13(15)19-21(32(25,26)27)18(14(11-23)22(24)31-19)12-9-16(28-2)20(30-4)17(10-12)29-3/h5-10,18H,24H2,1-4H3. The summed E-state index contributed by atoms with van der Waals surface area (Å²) < 4.78 is 50.4. The highest BCUT2D eigenvalue weighted by Crippen LogP contribution is 2.52. The Labute approximate surface area is 185 Å². The second-order valence-corrected chi connectivity index (χ2v) is 9.00. The lowest BCUT2D eigenvalue weighted by Gasteiger charge is -2.36. The van der Waals surface area contributed by atoms with Crippen LogP contribution in [0.4, 0.5) is 5.69 Å². The van der Waals surface area contributed by atoms with Crippen LogP contribution in [0, 0.1) is 11.3 Å². The van der Waals surface area contributed by atoms with E-state index in [2.05, 4.69) is 0 Å². The number of nitrogens with zero attached hydrogens (tertiary/aromatic N) is 2. The first-order chi connectivity index (χ1) is 15.3. The highest BCUT2D eigenvalue weighted by atomic mass is 32.2. The molecule has 0 radical (unpaired) electrons. The van der Waals surface area contributed by atoms with E-state index >= 15 is 0 Å². The molecule has 0 fully saturated rings. The number of hydrogen-bond donors (Lipinski definition) is 1. The van der Waals surface area contributed by atoms with Crippen LogP contribution < -0.4 is 24.2 Å². The number of nitriles is 1. The van der Waals surface area contributed by atoms with Gasteiger partial charge in [-0.1, -0.05) is 12.1 Å². The third-order valence-electron chi connectivity index (χ3n) is 5.52. The second kappa shape index (κ2) is 7.69. The van der Waals surface area contributed by atoms with Crippen LogP contribution >= 0.6 is 0 Å². The SMILES string of the molecule is COc1cc(C2C(C#N)=C(N)OC3=C2S(=O)(=O)N(C)c2ccccc23)cc(OC)c1OC. The van der Waals surface area contributed by atoms with Gasteiger partial charge in [-0.3, -0.25) is 4.31 Å². The highest BCUT2D eigenvalue weighted by Gasteiger charge is 2.46. The van der Waals surface area contributed by atoms with E-state index in [4.69, 9.17) is 24.7 Å². The van der Waals surface area contributed by atoms with E-state index in [1.54, 1.807) is 36.4 Å². The molecule has 2 heterocycles. The molecule has 0 saturated carbocycles. The number of benzene rings is 2. The Morgan fingerprint density at radius 2 is 1.72 bits per heavy atom. The quantitative estimate of drug-likeness (QED) is 0.746. The summed E-state index contributed by atoms with van der Waals surface area (Å²) in [4.78, 5) is -0.0845. The molecule has 10 heteroatoms. The molecule has 0 spiro atoms. The summed E-state index contributed by atoms with van der Waals surface area (Å²) in [5, 5.41) is 9.88. The maximum Gasteiger partial charge on any atom is 0.264 e. The molecule has 1 atom stereocenters. The Balaban J connectivity index is 2.08. The Bertz CT molecular complexity index is 1300. The van der Waals surface area contributed by atoms with Gasteiger partial charge in [-0.05, 0) is 29.8 Å². The van der Waals surface area contributed by atoms with Gasteiger partial charge in [0, 0.05) is 12.6 Å². The molecule has 9 nitrogen and oxygen atoms in total. The van der Waals surface area contributed by atoms with Crippen LogP contribution in [0.3, 0.4) is 0 Å². The Hall–Kier alpha value is -3.84. The van der Waals surface area contributed by atoms with E-state index in [0.29, 0.717) is 34.1 Å². The Morgan fingerprint density at radius 3 is 2.28 bits per heavy atom. The van der Waals surface area contributed by atoms with E-state index in [1.165, 1.54) is 32.7 Å². The van der Waals surface area contributed by atoms with Gasteiger partial charge in [0.25, 0.3) is 10.0 Å². The molecular weight excluding hydrogens is 434 g/mol. The fourth-order valence-electron chi connectivity index (χ4n) is 4.00. The average molecular weight is 455 g/mol. The molecule has 2 N–H and O–H groups in total. The Morgan fingerprint density at radius 1 is 1.09 bits per heavy atom. The molecule has 0 aromatic heterocycles. The number of anilines is 1. The predicted octanol–water partition coefficient (Wildman–Crippen LogP) is 2.67. The molecule has 0 aliphatic carbocycles. The largest absolute Gasteiger partial charge is 0.493 e. The molecule has 2 aromatic carbocycles. The molecule has 2 aliphatic heterocycles. The number of para-hydroxylation sites is 1. The van der Waals surface area contributed by atoms with Gasteiger partial charge < -0.3 is 24.7 Å². The lowest BCUT2D eigenvalue weighted by Crippen LogP contribution is -2.37. The normalized spacial score (nSPS) is 18.8. The zero-order valence-electron chi connectivity index (χ0n) is 17.9. The number of rotatable bonds is 4. The van der Waals surface area contributed by atoms with E-state index < -0.39 is 15.9 Å². The maximum atomic E-state index is 13.6. The molecule has 0 amide bonds. The van der Waals surface area contributed by atoms with Crippen LogP contribution in [-0.4, -0.2) is 36.8 Å². The summed E-state index contributed by atoms with van der Waals surface area (Å²) in [5.41, 5.74) is 7.50. The van der Waals surface area contributed by atoms with Crippen molar-refractivity contribution in [2.24, 2.45) is 5.73 Å². The molecule has 0 bridgehead atoms. The van der Waals surface area contributed by atoms with E-state index in [0.717, 1.165) is 0 Å².